The molecular formula is C27H29N3O4. The van der Waals surface area contributed by atoms with Gasteiger partial charge in [0, 0.05) is 12.8 Å². The molecule has 0 spiro atoms. The minimum atomic E-state index is -0.953. The van der Waals surface area contributed by atoms with Crippen molar-refractivity contribution in [2.75, 3.05) is 0 Å². The van der Waals surface area contributed by atoms with E-state index in [4.69, 9.17) is 10.5 Å². The van der Waals surface area contributed by atoms with E-state index >= 15 is 0 Å². The zero-order valence-corrected chi connectivity index (χ0v) is 19.1. The van der Waals surface area contributed by atoms with Gasteiger partial charge in [-0.25, -0.2) is 4.79 Å². The van der Waals surface area contributed by atoms with Crippen LogP contribution < -0.4 is 16.4 Å². The third kappa shape index (κ3) is 7.78. The highest BCUT2D eigenvalue weighted by molar-refractivity contribution is 5.91. The number of rotatable bonds is 10. The fraction of sp³-hybridized carbons (Fsp3) is 0.222. The summed E-state index contributed by atoms with van der Waals surface area (Å²) in [6, 6.07) is 24.3. The number of amides is 3. The highest BCUT2D eigenvalue weighted by atomic mass is 16.5. The lowest BCUT2D eigenvalue weighted by Gasteiger charge is -2.22. The van der Waals surface area contributed by atoms with Crippen LogP contribution in [0.2, 0.25) is 0 Å². The molecule has 7 nitrogen and oxygen atoms in total. The molecule has 0 bridgehead atoms. The van der Waals surface area contributed by atoms with E-state index in [1.165, 1.54) is 0 Å². The minimum absolute atomic E-state index is 0.0731. The topological polar surface area (TPSA) is 111 Å². The number of hydrogen-bond donors (Lipinski definition) is 3. The van der Waals surface area contributed by atoms with Crippen molar-refractivity contribution in [3.05, 3.63) is 107 Å². The molecule has 0 aliphatic rings. The van der Waals surface area contributed by atoms with Gasteiger partial charge in [-0.1, -0.05) is 90.5 Å². The normalized spacial score (nSPS) is 12.3. The van der Waals surface area contributed by atoms with Gasteiger partial charge in [0.15, 0.2) is 0 Å². The number of carbonyl (C=O) groups is 3. The second-order valence-electron chi connectivity index (χ2n) is 8.10. The van der Waals surface area contributed by atoms with Crippen molar-refractivity contribution in [1.29, 1.82) is 0 Å². The van der Waals surface area contributed by atoms with Crippen LogP contribution in [-0.4, -0.2) is 30.0 Å². The fourth-order valence-corrected chi connectivity index (χ4v) is 3.42. The maximum atomic E-state index is 13.1. The molecule has 7 heteroatoms. The predicted octanol–water partition coefficient (Wildman–Crippen LogP) is 3.05. The first-order valence-corrected chi connectivity index (χ1v) is 11.1. The standard InChI is InChI=1S/C27H29N3O4/c1-19-12-14-21(15-13-19)16-23(25(28)31)29-26(32)24(17-20-8-4-2-5-9-20)30-27(33)34-18-22-10-6-3-7-11-22/h2-15,23-24H,16-18H2,1H3,(H2,28,31)(H,29,32)(H,30,33)/t23-,24-/m1/s1. The van der Waals surface area contributed by atoms with Crippen LogP contribution >= 0.6 is 0 Å². The first kappa shape index (κ1) is 24.5. The molecule has 34 heavy (non-hydrogen) atoms. The summed E-state index contributed by atoms with van der Waals surface area (Å²) in [6.07, 6.45) is -0.254. The zero-order chi connectivity index (χ0) is 24.3. The predicted molar refractivity (Wildman–Crippen MR) is 130 cm³/mol. The van der Waals surface area contributed by atoms with Gasteiger partial charge in [0.2, 0.25) is 11.8 Å². The Balaban J connectivity index is 1.68. The second-order valence-corrected chi connectivity index (χ2v) is 8.10. The third-order valence-corrected chi connectivity index (χ3v) is 5.32. The molecular weight excluding hydrogens is 430 g/mol. The molecule has 0 saturated carbocycles. The highest BCUT2D eigenvalue weighted by Gasteiger charge is 2.26. The molecule has 0 aliphatic carbocycles. The van der Waals surface area contributed by atoms with Crippen molar-refractivity contribution in [3.63, 3.8) is 0 Å². The first-order chi connectivity index (χ1) is 16.4. The maximum absolute atomic E-state index is 13.1. The number of aryl methyl sites for hydroxylation is 1. The molecule has 0 fully saturated rings. The summed E-state index contributed by atoms with van der Waals surface area (Å²) in [4.78, 5) is 37.7. The van der Waals surface area contributed by atoms with Crippen molar-refractivity contribution in [1.82, 2.24) is 10.6 Å². The molecule has 0 aromatic heterocycles. The van der Waals surface area contributed by atoms with Gasteiger partial charge in [0.05, 0.1) is 0 Å². The Hall–Kier alpha value is -4.13. The van der Waals surface area contributed by atoms with E-state index in [0.717, 1.165) is 22.3 Å². The average molecular weight is 460 g/mol. The molecule has 0 aliphatic heterocycles. The van der Waals surface area contributed by atoms with Gasteiger partial charge >= 0.3 is 6.09 Å². The molecule has 0 radical (unpaired) electrons. The molecule has 4 N–H and O–H groups in total. The highest BCUT2D eigenvalue weighted by Crippen LogP contribution is 2.09. The van der Waals surface area contributed by atoms with E-state index in [2.05, 4.69) is 10.6 Å². The average Bonchev–Trinajstić information content (AvgIpc) is 2.84. The van der Waals surface area contributed by atoms with Gasteiger partial charge in [-0.3, -0.25) is 9.59 Å². The number of ether oxygens (including phenoxy) is 1. The number of primary amides is 1. The van der Waals surface area contributed by atoms with Gasteiger partial charge in [-0.15, -0.1) is 0 Å². The Kier molecular flexibility index (Phi) is 8.80. The van der Waals surface area contributed by atoms with E-state index in [1.54, 1.807) is 0 Å². The van der Waals surface area contributed by atoms with E-state index in [1.807, 2.05) is 91.9 Å². The van der Waals surface area contributed by atoms with Gasteiger partial charge in [0.1, 0.15) is 18.7 Å². The van der Waals surface area contributed by atoms with Crippen molar-refractivity contribution in [3.8, 4) is 0 Å². The summed E-state index contributed by atoms with van der Waals surface area (Å²) in [7, 11) is 0. The molecule has 176 valence electrons. The zero-order valence-electron chi connectivity index (χ0n) is 19.1. The quantitative estimate of drug-likeness (QED) is 0.433. The van der Waals surface area contributed by atoms with Crippen LogP contribution in [0.25, 0.3) is 0 Å². The smallest absolute Gasteiger partial charge is 0.408 e. The van der Waals surface area contributed by atoms with Crippen molar-refractivity contribution in [2.24, 2.45) is 5.73 Å². The van der Waals surface area contributed by atoms with Gasteiger partial charge in [-0.05, 0) is 23.6 Å². The van der Waals surface area contributed by atoms with E-state index < -0.39 is 30.0 Å². The largest absolute Gasteiger partial charge is 0.445 e. The molecule has 0 saturated heterocycles. The summed E-state index contributed by atoms with van der Waals surface area (Å²) in [5.41, 5.74) is 9.19. The van der Waals surface area contributed by atoms with Gasteiger partial charge in [0.25, 0.3) is 0 Å². The summed E-state index contributed by atoms with van der Waals surface area (Å²) >= 11 is 0. The van der Waals surface area contributed by atoms with E-state index in [9.17, 15) is 14.4 Å². The first-order valence-electron chi connectivity index (χ1n) is 11.1. The maximum Gasteiger partial charge on any atom is 0.408 e. The minimum Gasteiger partial charge on any atom is -0.445 e. The van der Waals surface area contributed by atoms with Crippen LogP contribution in [0.5, 0.6) is 0 Å². The Bertz CT molecular complexity index is 1090. The Morgan fingerprint density at radius 1 is 0.735 bits per heavy atom. The second kappa shape index (κ2) is 12.2. The summed E-state index contributed by atoms with van der Waals surface area (Å²) in [6.45, 7) is 2.04. The van der Waals surface area contributed by atoms with Gasteiger partial charge in [-0.2, -0.15) is 0 Å². The molecule has 2 atom stereocenters. The molecule has 3 aromatic rings. The van der Waals surface area contributed by atoms with Crippen LogP contribution in [0.1, 0.15) is 22.3 Å². The van der Waals surface area contributed by atoms with Crippen LogP contribution in [-0.2, 0) is 33.8 Å². The lowest BCUT2D eigenvalue weighted by atomic mass is 10.0. The van der Waals surface area contributed by atoms with Crippen molar-refractivity contribution < 1.29 is 19.1 Å². The number of benzene rings is 3. The number of hydrogen-bond acceptors (Lipinski definition) is 4. The fourth-order valence-electron chi connectivity index (χ4n) is 3.42. The van der Waals surface area contributed by atoms with Crippen LogP contribution in [0, 0.1) is 6.92 Å². The lowest BCUT2D eigenvalue weighted by Crippen LogP contribution is -2.54. The van der Waals surface area contributed by atoms with E-state index in [-0.39, 0.29) is 19.4 Å². The van der Waals surface area contributed by atoms with E-state index in [0.29, 0.717) is 0 Å². The molecule has 0 unspecified atom stereocenters. The Morgan fingerprint density at radius 3 is 1.85 bits per heavy atom. The summed E-state index contributed by atoms with van der Waals surface area (Å²) < 4.78 is 5.28. The summed E-state index contributed by atoms with van der Waals surface area (Å²) in [5.74, 6) is -1.17. The number of nitrogens with one attached hydrogen (secondary N) is 2. The number of nitrogens with two attached hydrogens (primary N) is 1. The number of carbonyl (C=O) groups excluding carboxylic acids is 3. The van der Waals surface area contributed by atoms with Crippen LogP contribution in [0.4, 0.5) is 4.79 Å². The molecule has 3 rings (SSSR count). The molecule has 3 amide bonds. The van der Waals surface area contributed by atoms with Gasteiger partial charge < -0.3 is 21.1 Å². The monoisotopic (exact) mass is 459 g/mol. The van der Waals surface area contributed by atoms with Crippen molar-refractivity contribution >= 4 is 17.9 Å². The number of alkyl carbamates (subject to hydrolysis) is 1. The lowest BCUT2D eigenvalue weighted by molar-refractivity contribution is -0.128. The Labute approximate surface area is 199 Å². The van der Waals surface area contributed by atoms with Crippen molar-refractivity contribution in [2.45, 2.75) is 38.5 Å². The third-order valence-electron chi connectivity index (χ3n) is 5.32. The molecule has 0 heterocycles. The molecule has 3 aromatic carbocycles. The summed E-state index contributed by atoms with van der Waals surface area (Å²) in [5, 5.41) is 5.32. The van der Waals surface area contributed by atoms with Crippen LogP contribution in [0.15, 0.2) is 84.9 Å². The Morgan fingerprint density at radius 2 is 1.26 bits per heavy atom. The SMILES string of the molecule is Cc1ccc(C[C@@H](NC(=O)[C@@H](Cc2ccccc2)NC(=O)OCc2ccccc2)C(N)=O)cc1. The van der Waals surface area contributed by atoms with Crippen LogP contribution in [0.3, 0.4) is 0 Å².